The zero-order valence-corrected chi connectivity index (χ0v) is 19.0. The van der Waals surface area contributed by atoms with Crippen LogP contribution in [0.5, 0.6) is 0 Å². The molecule has 0 amide bonds. The van der Waals surface area contributed by atoms with Gasteiger partial charge in [-0.3, -0.25) is 4.21 Å². The van der Waals surface area contributed by atoms with Gasteiger partial charge < -0.3 is 20.5 Å². The zero-order chi connectivity index (χ0) is 22.9. The van der Waals surface area contributed by atoms with Gasteiger partial charge in [0, 0.05) is 47.9 Å². The van der Waals surface area contributed by atoms with Crippen molar-refractivity contribution < 1.29 is 13.4 Å². The fourth-order valence-corrected chi connectivity index (χ4v) is 5.92. The van der Waals surface area contributed by atoms with Crippen molar-refractivity contribution in [1.82, 2.24) is 9.91 Å². The molecule has 32 heavy (non-hydrogen) atoms. The van der Waals surface area contributed by atoms with Gasteiger partial charge in [-0.1, -0.05) is 29.4 Å². The lowest BCUT2D eigenvalue weighted by Gasteiger charge is -2.45. The van der Waals surface area contributed by atoms with Gasteiger partial charge in [-0.05, 0) is 37.7 Å². The van der Waals surface area contributed by atoms with Crippen LogP contribution in [0.15, 0.2) is 64.9 Å². The predicted molar refractivity (Wildman–Crippen MR) is 124 cm³/mol. The average Bonchev–Trinajstić information content (AvgIpc) is 3.21. The number of hydrazine groups is 1. The largest absolute Gasteiger partial charge is 0.403 e. The van der Waals surface area contributed by atoms with E-state index in [4.69, 9.17) is 16.4 Å². The molecule has 2 atom stereocenters. The number of halogens is 1. The van der Waals surface area contributed by atoms with Crippen molar-refractivity contribution in [3.63, 3.8) is 0 Å². The first-order chi connectivity index (χ1) is 15.3. The van der Waals surface area contributed by atoms with Crippen LogP contribution in [0.1, 0.15) is 18.9 Å². The second-order valence-electron chi connectivity index (χ2n) is 8.62. The second kappa shape index (κ2) is 9.01. The molecule has 2 aliphatic heterocycles. The molecule has 1 saturated heterocycles. The maximum absolute atomic E-state index is 14.9. The molecular formula is C23H28FN5O2S. The van der Waals surface area contributed by atoms with Gasteiger partial charge in [0.25, 0.3) is 0 Å². The fraction of sp³-hybridized carbons (Fsp3) is 0.348. The highest BCUT2D eigenvalue weighted by atomic mass is 32.2. The normalized spacial score (nSPS) is 21.1. The van der Waals surface area contributed by atoms with Crippen LogP contribution in [0.25, 0.3) is 11.1 Å². The highest BCUT2D eigenvalue weighted by Gasteiger charge is 2.42. The molecule has 0 saturated carbocycles. The zero-order valence-electron chi connectivity index (χ0n) is 18.2. The Labute approximate surface area is 189 Å². The Kier molecular flexibility index (Phi) is 6.32. The third-order valence-corrected chi connectivity index (χ3v) is 7.62. The number of hydrogen-bond acceptors (Lipinski definition) is 7. The summed E-state index contributed by atoms with van der Waals surface area (Å²) in [5, 5.41) is 5.52. The summed E-state index contributed by atoms with van der Waals surface area (Å²) in [6.45, 7) is 4.07. The first kappa shape index (κ1) is 22.4. The monoisotopic (exact) mass is 457 g/mol. The highest BCUT2D eigenvalue weighted by molar-refractivity contribution is 7.86. The van der Waals surface area contributed by atoms with E-state index in [0.717, 1.165) is 23.5 Å². The van der Waals surface area contributed by atoms with Crippen LogP contribution in [0, 0.1) is 5.82 Å². The van der Waals surface area contributed by atoms with Gasteiger partial charge in [0.05, 0.1) is 27.8 Å². The minimum Gasteiger partial charge on any atom is -0.403 e. The lowest BCUT2D eigenvalue weighted by Crippen LogP contribution is -2.60. The van der Waals surface area contributed by atoms with Gasteiger partial charge in [-0.15, -0.1) is 0 Å². The Hall–Kier alpha value is -2.75. The number of likely N-dealkylation sites (tertiary alicyclic amines) is 1. The van der Waals surface area contributed by atoms with E-state index in [1.54, 1.807) is 12.3 Å². The van der Waals surface area contributed by atoms with Gasteiger partial charge in [0.15, 0.2) is 6.10 Å². The Morgan fingerprint density at radius 3 is 2.59 bits per heavy atom. The maximum atomic E-state index is 14.9. The van der Waals surface area contributed by atoms with Gasteiger partial charge in [0.2, 0.25) is 0 Å². The molecule has 2 aliphatic rings. The summed E-state index contributed by atoms with van der Waals surface area (Å²) in [5.74, 6) is 5.44. The summed E-state index contributed by atoms with van der Waals surface area (Å²) in [4.78, 5) is 8.33. The minimum atomic E-state index is -1.10. The molecule has 4 N–H and O–H groups in total. The third-order valence-electron chi connectivity index (χ3n) is 5.76. The van der Waals surface area contributed by atoms with E-state index in [1.807, 2.05) is 44.3 Å². The fourth-order valence-electron chi connectivity index (χ4n) is 4.29. The van der Waals surface area contributed by atoms with Crippen molar-refractivity contribution in [2.45, 2.75) is 29.1 Å². The summed E-state index contributed by atoms with van der Waals surface area (Å²) in [6, 6.07) is 12.3. The molecule has 7 nitrogen and oxygen atoms in total. The summed E-state index contributed by atoms with van der Waals surface area (Å²) in [5.41, 5.74) is 7.90. The van der Waals surface area contributed by atoms with Crippen molar-refractivity contribution in [2.24, 2.45) is 16.7 Å². The van der Waals surface area contributed by atoms with Crippen molar-refractivity contribution in [2.75, 3.05) is 26.7 Å². The van der Waals surface area contributed by atoms with Gasteiger partial charge in [-0.2, -0.15) is 0 Å². The van der Waals surface area contributed by atoms with Gasteiger partial charge in [0.1, 0.15) is 5.82 Å². The average molecular weight is 458 g/mol. The molecule has 170 valence electrons. The SMILES string of the molecule is CN1CC(C)(S(=O)c2ccc(-c3ccc(C4=NOC(CN(N)/C=C\N)C4)cc3F)cc2)C1. The number of hydrogen-bond donors (Lipinski definition) is 2. The second-order valence-corrected chi connectivity index (χ2v) is 10.6. The van der Waals surface area contributed by atoms with Crippen LogP contribution in [0.4, 0.5) is 4.39 Å². The quantitative estimate of drug-likeness (QED) is 0.490. The van der Waals surface area contributed by atoms with Crippen molar-refractivity contribution in [1.29, 1.82) is 0 Å². The Bertz CT molecular complexity index is 1070. The van der Waals surface area contributed by atoms with Gasteiger partial charge in [-0.25, -0.2) is 10.2 Å². The summed E-state index contributed by atoms with van der Waals surface area (Å²) in [6.07, 6.45) is 3.20. The molecule has 2 unspecified atom stereocenters. The Morgan fingerprint density at radius 1 is 1.28 bits per heavy atom. The van der Waals surface area contributed by atoms with Crippen LogP contribution in [0.2, 0.25) is 0 Å². The molecule has 0 radical (unpaired) electrons. The third kappa shape index (κ3) is 4.55. The van der Waals surface area contributed by atoms with Crippen LogP contribution in [-0.4, -0.2) is 57.4 Å². The summed E-state index contributed by atoms with van der Waals surface area (Å²) >= 11 is 0. The van der Waals surface area contributed by atoms with Crippen LogP contribution in [0.3, 0.4) is 0 Å². The van der Waals surface area contributed by atoms with E-state index in [9.17, 15) is 8.60 Å². The molecule has 1 fully saturated rings. The van der Waals surface area contributed by atoms with Gasteiger partial charge >= 0.3 is 0 Å². The molecule has 9 heteroatoms. The molecule has 0 bridgehead atoms. The molecular weight excluding hydrogens is 429 g/mol. The first-order valence-electron chi connectivity index (χ1n) is 10.4. The summed E-state index contributed by atoms with van der Waals surface area (Å²) < 4.78 is 27.6. The topological polar surface area (TPSA) is 97.2 Å². The lowest BCUT2D eigenvalue weighted by atomic mass is 9.99. The molecule has 2 heterocycles. The Balaban J connectivity index is 1.44. The lowest BCUT2D eigenvalue weighted by molar-refractivity contribution is 0.0640. The molecule has 0 aromatic heterocycles. The van der Waals surface area contributed by atoms with E-state index in [0.29, 0.717) is 29.8 Å². The number of nitrogens with two attached hydrogens (primary N) is 2. The number of oxime groups is 1. The van der Waals surface area contributed by atoms with Crippen LogP contribution >= 0.6 is 0 Å². The predicted octanol–water partition coefficient (Wildman–Crippen LogP) is 2.40. The number of benzene rings is 2. The van der Waals surface area contributed by atoms with E-state index in [2.05, 4.69) is 10.1 Å². The molecule has 0 spiro atoms. The summed E-state index contributed by atoms with van der Waals surface area (Å²) in [7, 11) is 0.917. The number of rotatable bonds is 7. The minimum absolute atomic E-state index is 0.223. The molecule has 4 rings (SSSR count). The molecule has 2 aromatic carbocycles. The highest BCUT2D eigenvalue weighted by Crippen LogP contribution is 2.32. The molecule has 0 aliphatic carbocycles. The Morgan fingerprint density at radius 2 is 1.97 bits per heavy atom. The first-order valence-corrected chi connectivity index (χ1v) is 11.6. The van der Waals surface area contributed by atoms with E-state index < -0.39 is 10.8 Å². The van der Waals surface area contributed by atoms with Crippen molar-refractivity contribution >= 4 is 16.5 Å². The smallest absolute Gasteiger partial charge is 0.152 e. The van der Waals surface area contributed by atoms with E-state index in [1.165, 1.54) is 17.3 Å². The maximum Gasteiger partial charge on any atom is 0.152 e. The van der Waals surface area contributed by atoms with Crippen LogP contribution in [-0.2, 0) is 15.6 Å². The van der Waals surface area contributed by atoms with Crippen LogP contribution < -0.4 is 11.6 Å². The van der Waals surface area contributed by atoms with Crippen molar-refractivity contribution in [3.8, 4) is 11.1 Å². The standard InChI is InChI=1S/C23H28FN5O2S/c1-23(14-28(2)15-23)32(30)19-6-3-16(4-7-19)20-8-5-17(11-21(20)24)22-12-18(31-27-22)13-29(26)10-9-25/h3-11,18H,12-15,25-26H2,1-2H3/b10-9-. The molecule has 2 aromatic rings. The van der Waals surface area contributed by atoms with E-state index in [-0.39, 0.29) is 16.7 Å². The number of nitrogens with zero attached hydrogens (tertiary/aromatic N) is 3. The van der Waals surface area contributed by atoms with Crippen molar-refractivity contribution in [3.05, 3.63) is 66.2 Å². The van der Waals surface area contributed by atoms with E-state index >= 15 is 0 Å².